The lowest BCUT2D eigenvalue weighted by atomic mass is 9.95. The Hall–Kier alpha value is -0.0800. The molecule has 0 amide bonds. The van der Waals surface area contributed by atoms with Crippen LogP contribution in [0.4, 0.5) is 0 Å². The van der Waals surface area contributed by atoms with E-state index < -0.39 is 0 Å². The Labute approximate surface area is 63.2 Å². The van der Waals surface area contributed by atoms with E-state index in [-0.39, 0.29) is 5.54 Å². The number of nitrogens with one attached hydrogen (secondary N) is 1. The molecule has 0 aliphatic heterocycles. The highest BCUT2D eigenvalue weighted by atomic mass is 15.0. The van der Waals surface area contributed by atoms with Gasteiger partial charge in [0, 0.05) is 12.1 Å². The van der Waals surface area contributed by atoms with Crippen molar-refractivity contribution in [1.82, 2.24) is 5.32 Å². The summed E-state index contributed by atoms with van der Waals surface area (Å²) in [5, 5.41) is 3.30. The standard InChI is InChI=1S/C8H18N2/c1-6-4-7(6)8(2,5-9)10-3/h6-7,10H,4-5,9H2,1-3H3. The van der Waals surface area contributed by atoms with Crippen molar-refractivity contribution in [3.8, 4) is 0 Å². The van der Waals surface area contributed by atoms with Crippen molar-refractivity contribution < 1.29 is 0 Å². The second-order valence-corrected chi connectivity index (χ2v) is 3.69. The maximum absolute atomic E-state index is 5.66. The average molecular weight is 142 g/mol. The van der Waals surface area contributed by atoms with Gasteiger partial charge in [-0.1, -0.05) is 6.92 Å². The van der Waals surface area contributed by atoms with Gasteiger partial charge in [-0.05, 0) is 32.2 Å². The van der Waals surface area contributed by atoms with Crippen LogP contribution < -0.4 is 11.1 Å². The fraction of sp³-hybridized carbons (Fsp3) is 1.00. The van der Waals surface area contributed by atoms with Crippen LogP contribution in [0.3, 0.4) is 0 Å². The summed E-state index contributed by atoms with van der Waals surface area (Å²) in [4.78, 5) is 0. The van der Waals surface area contributed by atoms with Gasteiger partial charge >= 0.3 is 0 Å². The van der Waals surface area contributed by atoms with E-state index >= 15 is 0 Å². The summed E-state index contributed by atoms with van der Waals surface area (Å²) >= 11 is 0. The van der Waals surface area contributed by atoms with Gasteiger partial charge in [0.25, 0.3) is 0 Å². The van der Waals surface area contributed by atoms with Gasteiger partial charge in [0.2, 0.25) is 0 Å². The molecule has 10 heavy (non-hydrogen) atoms. The molecule has 0 aromatic carbocycles. The Morgan fingerprint density at radius 1 is 1.70 bits per heavy atom. The molecule has 1 rings (SSSR count). The number of nitrogens with two attached hydrogens (primary N) is 1. The number of rotatable bonds is 3. The molecule has 1 aliphatic carbocycles. The molecule has 3 N–H and O–H groups in total. The summed E-state index contributed by atoms with van der Waals surface area (Å²) in [6.07, 6.45) is 1.34. The molecule has 0 aromatic heterocycles. The van der Waals surface area contributed by atoms with E-state index in [0.717, 1.165) is 18.4 Å². The van der Waals surface area contributed by atoms with Gasteiger partial charge < -0.3 is 11.1 Å². The molecule has 2 heteroatoms. The monoisotopic (exact) mass is 142 g/mol. The van der Waals surface area contributed by atoms with Crippen LogP contribution in [0.2, 0.25) is 0 Å². The van der Waals surface area contributed by atoms with Crippen molar-refractivity contribution in [3.63, 3.8) is 0 Å². The number of hydrogen-bond acceptors (Lipinski definition) is 2. The van der Waals surface area contributed by atoms with Crippen LogP contribution in [0.1, 0.15) is 20.3 Å². The first-order chi connectivity index (χ1) is 4.64. The maximum atomic E-state index is 5.66. The van der Waals surface area contributed by atoms with Crippen molar-refractivity contribution in [2.45, 2.75) is 25.8 Å². The molecule has 0 bridgehead atoms. The zero-order chi connectivity index (χ0) is 7.78. The number of hydrogen-bond donors (Lipinski definition) is 2. The molecule has 0 radical (unpaired) electrons. The van der Waals surface area contributed by atoms with E-state index in [9.17, 15) is 0 Å². The predicted molar refractivity (Wildman–Crippen MR) is 43.8 cm³/mol. The molecular weight excluding hydrogens is 124 g/mol. The van der Waals surface area contributed by atoms with Crippen LogP contribution in [0.5, 0.6) is 0 Å². The van der Waals surface area contributed by atoms with Crippen LogP contribution in [0.25, 0.3) is 0 Å². The Balaban J connectivity index is 2.48. The molecule has 60 valence electrons. The van der Waals surface area contributed by atoms with Crippen molar-refractivity contribution in [1.29, 1.82) is 0 Å². The Kier molecular flexibility index (Phi) is 2.02. The smallest absolute Gasteiger partial charge is 0.0303 e. The summed E-state index contributed by atoms with van der Waals surface area (Å²) in [6, 6.07) is 0. The third-order valence-corrected chi connectivity index (χ3v) is 2.92. The minimum Gasteiger partial charge on any atom is -0.329 e. The summed E-state index contributed by atoms with van der Waals surface area (Å²) in [6.45, 7) is 5.25. The van der Waals surface area contributed by atoms with Crippen LogP contribution >= 0.6 is 0 Å². The molecule has 1 saturated carbocycles. The summed E-state index contributed by atoms with van der Waals surface area (Å²) in [5.41, 5.74) is 5.85. The van der Waals surface area contributed by atoms with Gasteiger partial charge in [-0.15, -0.1) is 0 Å². The first-order valence-electron chi connectivity index (χ1n) is 4.03. The lowest BCUT2D eigenvalue weighted by Gasteiger charge is -2.27. The summed E-state index contributed by atoms with van der Waals surface area (Å²) < 4.78 is 0. The second-order valence-electron chi connectivity index (χ2n) is 3.69. The highest BCUT2D eigenvalue weighted by Gasteiger charge is 2.45. The van der Waals surface area contributed by atoms with E-state index in [1.54, 1.807) is 0 Å². The predicted octanol–water partition coefficient (Wildman–Crippen LogP) is 0.579. The Morgan fingerprint density at radius 2 is 2.20 bits per heavy atom. The molecule has 0 aromatic rings. The van der Waals surface area contributed by atoms with Crippen LogP contribution in [0, 0.1) is 11.8 Å². The molecule has 3 atom stereocenters. The molecule has 1 aliphatic rings. The van der Waals surface area contributed by atoms with E-state index in [0.29, 0.717) is 0 Å². The highest BCUT2D eigenvalue weighted by molar-refractivity contribution is 5.01. The maximum Gasteiger partial charge on any atom is 0.0303 e. The van der Waals surface area contributed by atoms with Gasteiger partial charge in [-0.3, -0.25) is 0 Å². The van der Waals surface area contributed by atoms with Gasteiger partial charge in [0.1, 0.15) is 0 Å². The minimum atomic E-state index is 0.194. The topological polar surface area (TPSA) is 38.0 Å². The number of likely N-dealkylation sites (N-methyl/N-ethyl adjacent to an activating group) is 1. The summed E-state index contributed by atoms with van der Waals surface area (Å²) in [7, 11) is 2.00. The zero-order valence-electron chi connectivity index (χ0n) is 7.15. The third kappa shape index (κ3) is 1.18. The fourth-order valence-electron chi connectivity index (χ4n) is 1.65. The fourth-order valence-corrected chi connectivity index (χ4v) is 1.65. The third-order valence-electron chi connectivity index (χ3n) is 2.92. The van der Waals surface area contributed by atoms with E-state index in [2.05, 4.69) is 19.2 Å². The molecular formula is C8H18N2. The van der Waals surface area contributed by atoms with Crippen molar-refractivity contribution in [2.24, 2.45) is 17.6 Å². The average Bonchev–Trinajstić information content (AvgIpc) is 2.66. The molecule has 0 spiro atoms. The quantitative estimate of drug-likeness (QED) is 0.605. The lowest BCUT2D eigenvalue weighted by molar-refractivity contribution is 0.332. The second kappa shape index (κ2) is 2.51. The highest BCUT2D eigenvalue weighted by Crippen LogP contribution is 2.45. The zero-order valence-corrected chi connectivity index (χ0v) is 7.15. The van der Waals surface area contributed by atoms with Crippen LogP contribution in [-0.2, 0) is 0 Å². The lowest BCUT2D eigenvalue weighted by Crippen LogP contribution is -2.49. The van der Waals surface area contributed by atoms with Gasteiger partial charge in [-0.2, -0.15) is 0 Å². The molecule has 3 unspecified atom stereocenters. The largest absolute Gasteiger partial charge is 0.329 e. The van der Waals surface area contributed by atoms with E-state index in [1.165, 1.54) is 6.42 Å². The van der Waals surface area contributed by atoms with Crippen molar-refractivity contribution in [2.75, 3.05) is 13.6 Å². The SMILES string of the molecule is CNC(C)(CN)C1CC1C. The Bertz CT molecular complexity index is 118. The summed E-state index contributed by atoms with van der Waals surface area (Å²) in [5.74, 6) is 1.68. The van der Waals surface area contributed by atoms with Crippen molar-refractivity contribution >= 4 is 0 Å². The van der Waals surface area contributed by atoms with Crippen LogP contribution in [-0.4, -0.2) is 19.1 Å². The van der Waals surface area contributed by atoms with Gasteiger partial charge in [0.05, 0.1) is 0 Å². The molecule has 0 heterocycles. The van der Waals surface area contributed by atoms with Gasteiger partial charge in [-0.25, -0.2) is 0 Å². The van der Waals surface area contributed by atoms with E-state index in [4.69, 9.17) is 5.73 Å². The normalized spacial score (nSPS) is 37.2. The first kappa shape index (κ1) is 8.02. The van der Waals surface area contributed by atoms with Crippen LogP contribution in [0.15, 0.2) is 0 Å². The van der Waals surface area contributed by atoms with Crippen molar-refractivity contribution in [3.05, 3.63) is 0 Å². The molecule has 2 nitrogen and oxygen atoms in total. The molecule has 0 saturated heterocycles. The van der Waals surface area contributed by atoms with Gasteiger partial charge in [0.15, 0.2) is 0 Å². The first-order valence-corrected chi connectivity index (χ1v) is 4.03. The Morgan fingerprint density at radius 3 is 2.30 bits per heavy atom. The minimum absolute atomic E-state index is 0.194. The molecule has 1 fully saturated rings. The van der Waals surface area contributed by atoms with E-state index in [1.807, 2.05) is 7.05 Å².